The zero-order chi connectivity index (χ0) is 22.6. The first kappa shape index (κ1) is 23.2. The van der Waals surface area contributed by atoms with E-state index in [1.165, 1.54) is 0 Å². The summed E-state index contributed by atoms with van der Waals surface area (Å²) in [7, 11) is -6.03. The van der Waals surface area contributed by atoms with E-state index in [0.29, 0.717) is 12.8 Å². The fourth-order valence-corrected chi connectivity index (χ4v) is 4.70. The Morgan fingerprint density at radius 1 is 1.23 bits per heavy atom. The first-order chi connectivity index (χ1) is 13.8. The van der Waals surface area contributed by atoms with Crippen LogP contribution in [-0.4, -0.2) is 83.3 Å². The number of carbonyl (C=O) groups is 2. The summed E-state index contributed by atoms with van der Waals surface area (Å²) in [6.45, 7) is 2.45. The molecule has 0 aromatic rings. The van der Waals surface area contributed by atoms with Crippen LogP contribution in [0.5, 0.6) is 0 Å². The van der Waals surface area contributed by atoms with E-state index in [1.54, 1.807) is 13.8 Å². The predicted molar refractivity (Wildman–Crippen MR) is 89.4 cm³/mol. The molecule has 0 radical (unpaired) electrons. The van der Waals surface area contributed by atoms with Crippen molar-refractivity contribution in [2.45, 2.75) is 68.3 Å². The van der Waals surface area contributed by atoms with Crippen molar-refractivity contribution in [3.05, 3.63) is 0 Å². The highest BCUT2D eigenvalue weighted by Crippen LogP contribution is 2.55. The first-order valence-electron chi connectivity index (χ1n) is 9.20. The largest absolute Gasteiger partial charge is 0.456 e. The third-order valence-electron chi connectivity index (χ3n) is 6.02. The van der Waals surface area contributed by atoms with Gasteiger partial charge < -0.3 is 29.2 Å². The highest BCUT2D eigenvalue weighted by molar-refractivity contribution is 7.86. The third kappa shape index (κ3) is 3.48. The van der Waals surface area contributed by atoms with Crippen molar-refractivity contribution in [1.29, 1.82) is 0 Å². The Morgan fingerprint density at radius 3 is 2.37 bits per heavy atom. The number of carbonyl (C=O) groups excluding carboxylic acids is 2. The Balaban J connectivity index is 1.68. The summed E-state index contributed by atoms with van der Waals surface area (Å²) in [6.07, 6.45) is -6.27. The summed E-state index contributed by atoms with van der Waals surface area (Å²) in [5.74, 6) is -3.52. The zero-order valence-corrected chi connectivity index (χ0v) is 16.8. The predicted octanol–water partition coefficient (Wildman–Crippen LogP) is -0.796. The molecule has 14 heteroatoms. The van der Waals surface area contributed by atoms with E-state index >= 15 is 0 Å². The molecule has 0 spiro atoms. The number of fused-ring (bicyclic) bond motifs is 1. The molecule has 3 saturated heterocycles. The van der Waals surface area contributed by atoms with Crippen LogP contribution in [0.3, 0.4) is 0 Å². The van der Waals surface area contributed by atoms with E-state index in [1.807, 2.05) is 0 Å². The van der Waals surface area contributed by atoms with Gasteiger partial charge in [-0.3, -0.25) is 9.35 Å². The van der Waals surface area contributed by atoms with Gasteiger partial charge in [0.15, 0.2) is 6.10 Å². The topological polar surface area (TPSA) is 166 Å². The number of hydrogen-bond acceptors (Lipinski definition) is 10. The zero-order valence-electron chi connectivity index (χ0n) is 15.9. The molecule has 0 aliphatic carbocycles. The Hall–Kier alpha value is -1.45. The van der Waals surface area contributed by atoms with Gasteiger partial charge in [-0.05, 0) is 12.8 Å². The molecule has 0 aromatic carbocycles. The summed E-state index contributed by atoms with van der Waals surface area (Å²) >= 11 is 0. The fourth-order valence-electron chi connectivity index (χ4n) is 4.39. The minimum absolute atomic E-state index is 0.306. The highest BCUT2D eigenvalue weighted by atomic mass is 32.2. The Bertz CT molecular complexity index is 812. The van der Waals surface area contributed by atoms with Crippen LogP contribution in [0.25, 0.3) is 0 Å². The van der Waals surface area contributed by atoms with Crippen molar-refractivity contribution >= 4 is 22.1 Å². The maximum atomic E-state index is 13.3. The number of alkyl halides is 2. The van der Waals surface area contributed by atoms with Crippen LogP contribution in [-0.2, 0) is 38.7 Å². The Morgan fingerprint density at radius 2 is 1.83 bits per heavy atom. The molecule has 3 fully saturated rings. The minimum Gasteiger partial charge on any atom is -0.456 e. The molecule has 7 unspecified atom stereocenters. The quantitative estimate of drug-likeness (QED) is 0.224. The summed E-state index contributed by atoms with van der Waals surface area (Å²) in [4.78, 5) is 24.0. The molecule has 3 N–H and O–H groups in total. The van der Waals surface area contributed by atoms with Gasteiger partial charge in [-0.2, -0.15) is 17.2 Å². The molecule has 0 saturated carbocycles. The van der Waals surface area contributed by atoms with Gasteiger partial charge in [-0.1, -0.05) is 13.8 Å². The lowest BCUT2D eigenvalue weighted by molar-refractivity contribution is -0.211. The average Bonchev–Trinajstić information content (AvgIpc) is 3.27. The van der Waals surface area contributed by atoms with Crippen molar-refractivity contribution in [1.82, 2.24) is 0 Å². The standard InChI is InChI=1S/C16H22F2O11S/c1-3-15(22,4-2)8-7-9-12(29-13(7)20)11(10(8)28-9)26-5-6(19)27-14(21)16(17,18)30(23,24)25/h7-12,14,21-22H,3-5H2,1-2H3,(H,23,24,25). The van der Waals surface area contributed by atoms with Gasteiger partial charge in [-0.25, -0.2) is 4.79 Å². The van der Waals surface area contributed by atoms with Gasteiger partial charge in [0.2, 0.25) is 0 Å². The number of ether oxygens (including phenoxy) is 4. The normalized spacial score (nSPS) is 34.2. The second-order valence-corrected chi connectivity index (χ2v) is 8.98. The SMILES string of the molecule is CCC(O)(CC)C1C2OC3C(OC(=O)C31)C2OCC(=O)OC(O)C(F)(F)S(=O)(=O)O. The number of rotatable bonds is 9. The molecule has 0 amide bonds. The molecular weight excluding hydrogens is 438 g/mol. The van der Waals surface area contributed by atoms with Crippen molar-refractivity contribution in [3.8, 4) is 0 Å². The van der Waals surface area contributed by atoms with Crippen LogP contribution in [0, 0.1) is 11.8 Å². The number of halogens is 2. The molecule has 3 heterocycles. The van der Waals surface area contributed by atoms with Crippen LogP contribution in [0.2, 0.25) is 0 Å². The molecule has 11 nitrogen and oxygen atoms in total. The average molecular weight is 460 g/mol. The van der Waals surface area contributed by atoms with E-state index < -0.39 is 82.1 Å². The van der Waals surface area contributed by atoms with Gasteiger partial charge in [0.25, 0.3) is 6.29 Å². The number of hydrogen-bond donors (Lipinski definition) is 3. The summed E-state index contributed by atoms with van der Waals surface area (Å²) in [5.41, 5.74) is -1.27. The van der Waals surface area contributed by atoms with Crippen molar-refractivity contribution < 1.29 is 60.5 Å². The van der Waals surface area contributed by atoms with Crippen LogP contribution >= 0.6 is 0 Å². The number of aliphatic hydroxyl groups excluding tert-OH is 1. The first-order valence-corrected chi connectivity index (χ1v) is 10.6. The Kier molecular flexibility index (Phi) is 5.88. The molecule has 172 valence electrons. The molecule has 0 aromatic heterocycles. The Labute approximate surface area is 170 Å². The van der Waals surface area contributed by atoms with Crippen molar-refractivity contribution in [2.75, 3.05) is 6.61 Å². The van der Waals surface area contributed by atoms with E-state index in [-0.39, 0.29) is 0 Å². The maximum Gasteiger partial charge on any atom is 0.430 e. The van der Waals surface area contributed by atoms with Gasteiger partial charge in [0, 0.05) is 5.92 Å². The fraction of sp³-hybridized carbons (Fsp3) is 0.875. The number of aliphatic hydroxyl groups is 2. The van der Waals surface area contributed by atoms with Crippen molar-refractivity contribution in [3.63, 3.8) is 0 Å². The molecule has 2 bridgehead atoms. The van der Waals surface area contributed by atoms with E-state index in [2.05, 4.69) is 4.74 Å². The monoisotopic (exact) mass is 460 g/mol. The molecular formula is C16H22F2O11S. The van der Waals surface area contributed by atoms with Gasteiger partial charge in [0.05, 0.1) is 17.6 Å². The van der Waals surface area contributed by atoms with Crippen LogP contribution < -0.4 is 0 Å². The van der Waals surface area contributed by atoms with E-state index in [0.717, 1.165) is 0 Å². The van der Waals surface area contributed by atoms with Crippen molar-refractivity contribution in [2.24, 2.45) is 11.8 Å². The minimum atomic E-state index is -6.03. The smallest absolute Gasteiger partial charge is 0.430 e. The summed E-state index contributed by atoms with van der Waals surface area (Å²) in [5, 5.41) is 14.9. The van der Waals surface area contributed by atoms with Gasteiger partial charge in [0.1, 0.15) is 18.8 Å². The van der Waals surface area contributed by atoms with Gasteiger partial charge in [-0.15, -0.1) is 0 Å². The molecule has 30 heavy (non-hydrogen) atoms. The van der Waals surface area contributed by atoms with Crippen LogP contribution in [0.15, 0.2) is 0 Å². The second-order valence-electron chi connectivity index (χ2n) is 7.48. The third-order valence-corrected chi connectivity index (χ3v) is 6.91. The summed E-state index contributed by atoms with van der Waals surface area (Å²) < 4.78 is 76.3. The van der Waals surface area contributed by atoms with E-state index in [9.17, 15) is 31.9 Å². The highest BCUT2D eigenvalue weighted by Gasteiger charge is 2.72. The van der Waals surface area contributed by atoms with Gasteiger partial charge >= 0.3 is 27.3 Å². The lowest BCUT2D eigenvalue weighted by Crippen LogP contribution is -2.53. The molecule has 3 rings (SSSR count). The second kappa shape index (κ2) is 7.60. The molecule has 3 aliphatic heterocycles. The van der Waals surface area contributed by atoms with Crippen LogP contribution in [0.1, 0.15) is 26.7 Å². The summed E-state index contributed by atoms with van der Waals surface area (Å²) in [6, 6.07) is 0. The lowest BCUT2D eigenvalue weighted by atomic mass is 9.67. The molecule has 7 atom stereocenters. The van der Waals surface area contributed by atoms with E-state index in [4.69, 9.17) is 23.9 Å². The maximum absolute atomic E-state index is 13.3. The number of esters is 2. The molecule has 3 aliphatic rings. The van der Waals surface area contributed by atoms with Crippen LogP contribution in [0.4, 0.5) is 8.78 Å². The lowest BCUT2D eigenvalue weighted by Gasteiger charge is -2.39.